The zero-order valence-corrected chi connectivity index (χ0v) is 12.7. The first-order valence-electron chi connectivity index (χ1n) is 7.00. The molecule has 3 rings (SSSR count). The van der Waals surface area contributed by atoms with Crippen molar-refractivity contribution in [1.29, 1.82) is 0 Å². The molecule has 22 heavy (non-hydrogen) atoms. The van der Waals surface area contributed by atoms with Crippen molar-refractivity contribution in [3.05, 3.63) is 23.8 Å². The van der Waals surface area contributed by atoms with E-state index in [0.717, 1.165) is 5.56 Å². The Morgan fingerprint density at radius 3 is 2.59 bits per heavy atom. The van der Waals surface area contributed by atoms with Gasteiger partial charge in [0.1, 0.15) is 0 Å². The lowest BCUT2D eigenvalue weighted by atomic mass is 10.0. The average Bonchev–Trinajstić information content (AvgIpc) is 2.92. The number of fused-ring (bicyclic) bond motifs is 1. The molecule has 0 bridgehead atoms. The Morgan fingerprint density at radius 2 is 1.91 bits per heavy atom. The van der Waals surface area contributed by atoms with E-state index in [2.05, 4.69) is 0 Å². The number of carbonyl (C=O) groups is 1. The Kier molecular flexibility index (Phi) is 3.96. The number of rotatable bonds is 4. The topological polar surface area (TPSA) is 93.1 Å². The van der Waals surface area contributed by atoms with Crippen molar-refractivity contribution >= 4 is 15.8 Å². The van der Waals surface area contributed by atoms with Crippen molar-refractivity contribution in [2.75, 3.05) is 31.4 Å². The number of carboxylic acid groups (broad SMARTS) is 1. The fourth-order valence-corrected chi connectivity index (χ4v) is 4.01. The van der Waals surface area contributed by atoms with Crippen LogP contribution < -0.4 is 9.47 Å². The van der Waals surface area contributed by atoms with Crippen LogP contribution in [0.3, 0.4) is 0 Å². The molecule has 0 spiro atoms. The summed E-state index contributed by atoms with van der Waals surface area (Å²) in [7, 11) is -3.00. The summed E-state index contributed by atoms with van der Waals surface area (Å²) in [5.74, 6) is 0.439. The van der Waals surface area contributed by atoms with Crippen LogP contribution in [0.5, 0.6) is 11.5 Å². The number of sulfone groups is 1. The molecule has 2 aliphatic heterocycles. The molecular formula is C14H17NO6S. The van der Waals surface area contributed by atoms with Crippen LogP contribution in [-0.4, -0.2) is 55.8 Å². The van der Waals surface area contributed by atoms with Crippen molar-refractivity contribution < 1.29 is 27.8 Å². The van der Waals surface area contributed by atoms with E-state index in [1.54, 1.807) is 12.1 Å². The van der Waals surface area contributed by atoms with Gasteiger partial charge in [0.2, 0.25) is 6.79 Å². The first kappa shape index (κ1) is 15.1. The summed E-state index contributed by atoms with van der Waals surface area (Å²) in [4.78, 5) is 13.1. The second-order valence-electron chi connectivity index (χ2n) is 5.41. The van der Waals surface area contributed by atoms with Crippen LogP contribution in [0.4, 0.5) is 0 Å². The molecule has 8 heteroatoms. The van der Waals surface area contributed by atoms with Gasteiger partial charge >= 0.3 is 5.97 Å². The van der Waals surface area contributed by atoms with Gasteiger partial charge in [0, 0.05) is 19.1 Å². The number of aliphatic carboxylic acids is 1. The smallest absolute Gasteiger partial charge is 0.305 e. The van der Waals surface area contributed by atoms with Gasteiger partial charge in [0.15, 0.2) is 21.3 Å². The molecule has 1 aromatic carbocycles. The summed E-state index contributed by atoms with van der Waals surface area (Å²) >= 11 is 0. The van der Waals surface area contributed by atoms with Gasteiger partial charge in [-0.2, -0.15) is 0 Å². The molecule has 7 nitrogen and oxygen atoms in total. The third kappa shape index (κ3) is 3.17. The van der Waals surface area contributed by atoms with Crippen LogP contribution in [-0.2, 0) is 14.6 Å². The van der Waals surface area contributed by atoms with Gasteiger partial charge in [-0.15, -0.1) is 0 Å². The summed E-state index contributed by atoms with van der Waals surface area (Å²) in [6.45, 7) is 0.841. The van der Waals surface area contributed by atoms with Crippen LogP contribution in [0.25, 0.3) is 0 Å². The van der Waals surface area contributed by atoms with Gasteiger partial charge < -0.3 is 14.6 Å². The van der Waals surface area contributed by atoms with Gasteiger partial charge in [-0.05, 0) is 17.7 Å². The summed E-state index contributed by atoms with van der Waals surface area (Å²) < 4.78 is 33.7. The van der Waals surface area contributed by atoms with E-state index in [0.29, 0.717) is 24.6 Å². The van der Waals surface area contributed by atoms with E-state index in [1.807, 2.05) is 11.0 Å². The molecule has 120 valence electrons. The maximum Gasteiger partial charge on any atom is 0.305 e. The van der Waals surface area contributed by atoms with Crippen molar-refractivity contribution in [2.24, 2.45) is 0 Å². The normalized spacial score (nSPS) is 21.5. The molecule has 0 aliphatic carbocycles. The number of hydrogen-bond donors (Lipinski definition) is 1. The molecule has 0 aromatic heterocycles. The minimum atomic E-state index is -3.00. The predicted octanol–water partition coefficient (Wildman–Crippen LogP) is 0.661. The first-order chi connectivity index (χ1) is 10.4. The van der Waals surface area contributed by atoms with Gasteiger partial charge in [-0.25, -0.2) is 8.42 Å². The van der Waals surface area contributed by atoms with Crippen molar-refractivity contribution in [3.63, 3.8) is 0 Å². The maximum atomic E-state index is 11.6. The van der Waals surface area contributed by atoms with E-state index < -0.39 is 15.8 Å². The Morgan fingerprint density at radius 1 is 1.23 bits per heavy atom. The highest BCUT2D eigenvalue weighted by atomic mass is 32.2. The third-order valence-corrected chi connectivity index (χ3v) is 5.58. The minimum Gasteiger partial charge on any atom is -0.481 e. The summed E-state index contributed by atoms with van der Waals surface area (Å²) in [5, 5.41) is 9.17. The van der Waals surface area contributed by atoms with Crippen LogP contribution in [0, 0.1) is 0 Å². The standard InChI is InChI=1S/C14H17NO6S/c16-14(17)8-11(15-3-5-22(18,19)6-4-15)10-1-2-12-13(7-10)21-9-20-12/h1-2,7,11H,3-6,8-9H2,(H,16,17). The molecule has 1 fully saturated rings. The number of hydrogen-bond acceptors (Lipinski definition) is 6. The van der Waals surface area contributed by atoms with Gasteiger partial charge in [0.25, 0.3) is 0 Å². The highest BCUT2D eigenvalue weighted by Crippen LogP contribution is 2.36. The highest BCUT2D eigenvalue weighted by Gasteiger charge is 2.30. The molecule has 0 saturated carbocycles. The first-order valence-corrected chi connectivity index (χ1v) is 8.82. The molecule has 2 aliphatic rings. The summed E-state index contributed by atoms with van der Waals surface area (Å²) in [6, 6.07) is 4.97. The molecule has 1 unspecified atom stereocenters. The van der Waals surface area contributed by atoms with E-state index in [9.17, 15) is 18.3 Å². The number of benzene rings is 1. The van der Waals surface area contributed by atoms with E-state index in [-0.39, 0.29) is 30.8 Å². The van der Waals surface area contributed by atoms with Crippen molar-refractivity contribution in [1.82, 2.24) is 4.90 Å². The van der Waals surface area contributed by atoms with Crippen LogP contribution in [0.2, 0.25) is 0 Å². The Labute approximate surface area is 128 Å². The number of nitrogens with zero attached hydrogens (tertiary/aromatic N) is 1. The highest BCUT2D eigenvalue weighted by molar-refractivity contribution is 7.91. The maximum absolute atomic E-state index is 11.6. The lowest BCUT2D eigenvalue weighted by Gasteiger charge is -2.34. The minimum absolute atomic E-state index is 0.0632. The Hall–Kier alpha value is -1.80. The monoisotopic (exact) mass is 327 g/mol. The number of carboxylic acids is 1. The third-order valence-electron chi connectivity index (χ3n) is 3.97. The van der Waals surface area contributed by atoms with E-state index in [4.69, 9.17) is 9.47 Å². The van der Waals surface area contributed by atoms with Gasteiger partial charge in [-0.3, -0.25) is 9.69 Å². The summed E-state index contributed by atoms with van der Waals surface area (Å²) in [5.41, 5.74) is 0.797. The van der Waals surface area contributed by atoms with Gasteiger partial charge in [-0.1, -0.05) is 6.07 Å². The summed E-state index contributed by atoms with van der Waals surface area (Å²) in [6.07, 6.45) is -0.0836. The second kappa shape index (κ2) is 5.77. The van der Waals surface area contributed by atoms with Gasteiger partial charge in [0.05, 0.1) is 17.9 Å². The Balaban J connectivity index is 1.85. The quantitative estimate of drug-likeness (QED) is 0.868. The molecule has 2 heterocycles. The molecule has 1 atom stereocenters. The fraction of sp³-hybridized carbons (Fsp3) is 0.500. The van der Waals surface area contributed by atoms with Crippen molar-refractivity contribution in [2.45, 2.75) is 12.5 Å². The largest absolute Gasteiger partial charge is 0.481 e. The molecule has 0 amide bonds. The van der Waals surface area contributed by atoms with Crippen molar-refractivity contribution in [3.8, 4) is 11.5 Å². The lowest BCUT2D eigenvalue weighted by Crippen LogP contribution is -2.42. The SMILES string of the molecule is O=C(O)CC(c1ccc2c(c1)OCO2)N1CCS(=O)(=O)CC1. The Bertz CT molecular complexity index is 673. The van der Waals surface area contributed by atoms with Crippen LogP contribution in [0.15, 0.2) is 18.2 Å². The molecular weight excluding hydrogens is 310 g/mol. The molecule has 1 saturated heterocycles. The second-order valence-corrected chi connectivity index (χ2v) is 7.72. The molecule has 1 N–H and O–H groups in total. The molecule has 1 aromatic rings. The van der Waals surface area contributed by atoms with E-state index >= 15 is 0 Å². The van der Waals surface area contributed by atoms with Crippen LogP contribution >= 0.6 is 0 Å². The number of ether oxygens (including phenoxy) is 2. The average molecular weight is 327 g/mol. The fourth-order valence-electron chi connectivity index (χ4n) is 2.78. The zero-order chi connectivity index (χ0) is 15.7. The van der Waals surface area contributed by atoms with Crippen LogP contribution in [0.1, 0.15) is 18.0 Å². The predicted molar refractivity (Wildman–Crippen MR) is 77.8 cm³/mol. The lowest BCUT2D eigenvalue weighted by molar-refractivity contribution is -0.138. The van der Waals surface area contributed by atoms with E-state index in [1.165, 1.54) is 0 Å². The molecule has 0 radical (unpaired) electrons. The zero-order valence-electron chi connectivity index (χ0n) is 11.9.